The van der Waals surface area contributed by atoms with E-state index in [9.17, 15) is 9.59 Å². The highest BCUT2D eigenvalue weighted by Crippen LogP contribution is 2.50. The van der Waals surface area contributed by atoms with E-state index < -0.39 is 5.41 Å². The third kappa shape index (κ3) is 3.52. The van der Waals surface area contributed by atoms with Crippen molar-refractivity contribution in [1.29, 1.82) is 0 Å². The minimum absolute atomic E-state index is 0.00340. The molecule has 2 amide bonds. The van der Waals surface area contributed by atoms with E-state index in [2.05, 4.69) is 28.4 Å². The van der Waals surface area contributed by atoms with Gasteiger partial charge in [0.25, 0.3) is 5.91 Å². The Morgan fingerprint density at radius 1 is 1.31 bits per heavy atom. The van der Waals surface area contributed by atoms with Crippen LogP contribution in [0.2, 0.25) is 0 Å². The number of carbonyl (C=O) groups excluding carboxylic acids is 2. The lowest BCUT2D eigenvalue weighted by Crippen LogP contribution is -2.40. The molecular formula is C24H27N5O2S. The predicted molar refractivity (Wildman–Crippen MR) is 122 cm³/mol. The standard InChI is InChI=1S/C24H27N5O2S/c1-17(2)29-14-20(26-16-29)19-13-28(22(30)21-6-4-10-32-21)15-24(19)7-9-27(23(24)31)12-18-5-3-8-25-11-18/h3-6,8,10-11,14,16-17,19H,7,9,12-13,15H2,1-2H3/t19-,24+/m0/s1. The van der Waals surface area contributed by atoms with E-state index in [1.54, 1.807) is 12.4 Å². The Morgan fingerprint density at radius 3 is 2.88 bits per heavy atom. The first-order chi connectivity index (χ1) is 15.5. The molecule has 2 aliphatic heterocycles. The Labute approximate surface area is 191 Å². The van der Waals surface area contributed by atoms with Crippen molar-refractivity contribution in [3.8, 4) is 0 Å². The summed E-state index contributed by atoms with van der Waals surface area (Å²) in [5.41, 5.74) is 1.28. The van der Waals surface area contributed by atoms with Crippen LogP contribution in [0.1, 0.15) is 53.2 Å². The molecule has 0 aliphatic carbocycles. The van der Waals surface area contributed by atoms with Crippen molar-refractivity contribution in [3.05, 3.63) is 70.7 Å². The number of rotatable bonds is 5. The summed E-state index contributed by atoms with van der Waals surface area (Å²) < 4.78 is 2.07. The second kappa shape index (κ2) is 8.16. The monoisotopic (exact) mass is 449 g/mol. The van der Waals surface area contributed by atoms with E-state index in [1.165, 1.54) is 11.3 Å². The minimum atomic E-state index is -0.634. The summed E-state index contributed by atoms with van der Waals surface area (Å²) in [4.78, 5) is 40.4. The smallest absolute Gasteiger partial charge is 0.263 e. The van der Waals surface area contributed by atoms with Crippen molar-refractivity contribution < 1.29 is 9.59 Å². The van der Waals surface area contributed by atoms with Crippen LogP contribution in [0.4, 0.5) is 0 Å². The molecule has 2 aliphatic rings. The van der Waals surface area contributed by atoms with Crippen LogP contribution in [0.25, 0.3) is 0 Å². The number of likely N-dealkylation sites (tertiary alicyclic amines) is 2. The van der Waals surface area contributed by atoms with Crippen LogP contribution in [0.3, 0.4) is 0 Å². The molecule has 0 unspecified atom stereocenters. The Bertz CT molecular complexity index is 1110. The molecule has 32 heavy (non-hydrogen) atoms. The SMILES string of the molecule is CC(C)n1cnc([C@@H]2CN(C(=O)c3cccs3)C[C@]23CCN(Cc2cccnc2)C3=O)c1. The Morgan fingerprint density at radius 2 is 2.19 bits per heavy atom. The van der Waals surface area contributed by atoms with Crippen molar-refractivity contribution >= 4 is 23.2 Å². The molecule has 8 heteroatoms. The molecule has 1 spiro atoms. The third-order valence-corrected chi connectivity index (χ3v) is 7.63. The summed E-state index contributed by atoms with van der Waals surface area (Å²) in [5, 5.41) is 1.91. The van der Waals surface area contributed by atoms with Crippen LogP contribution in [0.5, 0.6) is 0 Å². The van der Waals surface area contributed by atoms with E-state index >= 15 is 0 Å². The van der Waals surface area contributed by atoms with Crippen molar-refractivity contribution in [2.45, 2.75) is 38.8 Å². The number of thiophene rings is 1. The maximum absolute atomic E-state index is 13.8. The number of amides is 2. The fourth-order valence-corrected chi connectivity index (χ4v) is 5.69. The summed E-state index contributed by atoms with van der Waals surface area (Å²) >= 11 is 1.44. The third-order valence-electron chi connectivity index (χ3n) is 6.77. The highest BCUT2D eigenvalue weighted by molar-refractivity contribution is 7.12. The molecular weight excluding hydrogens is 422 g/mol. The summed E-state index contributed by atoms with van der Waals surface area (Å²) in [5.74, 6) is 0.00779. The molecule has 3 aromatic heterocycles. The number of pyridine rings is 1. The van der Waals surface area contributed by atoms with Gasteiger partial charge in [-0.25, -0.2) is 4.98 Å². The number of hydrogen-bond acceptors (Lipinski definition) is 5. The first kappa shape index (κ1) is 20.9. The average molecular weight is 450 g/mol. The fraction of sp³-hybridized carbons (Fsp3) is 0.417. The molecule has 5 rings (SSSR count). The van der Waals surface area contributed by atoms with Gasteiger partial charge in [-0.1, -0.05) is 12.1 Å². The van der Waals surface area contributed by atoms with Crippen LogP contribution < -0.4 is 0 Å². The normalized spacial score (nSPS) is 23.1. The molecule has 2 atom stereocenters. The van der Waals surface area contributed by atoms with Crippen molar-refractivity contribution in [2.75, 3.05) is 19.6 Å². The maximum atomic E-state index is 13.8. The topological polar surface area (TPSA) is 71.3 Å². The van der Waals surface area contributed by atoms with Gasteiger partial charge in [-0.3, -0.25) is 14.6 Å². The zero-order valence-corrected chi connectivity index (χ0v) is 19.2. The molecule has 0 saturated carbocycles. The van der Waals surface area contributed by atoms with E-state index in [4.69, 9.17) is 0 Å². The quantitative estimate of drug-likeness (QED) is 0.597. The highest BCUT2D eigenvalue weighted by Gasteiger charge is 2.58. The minimum Gasteiger partial charge on any atom is -0.338 e. The van der Waals surface area contributed by atoms with Crippen LogP contribution in [0.15, 0.2) is 54.6 Å². The van der Waals surface area contributed by atoms with Gasteiger partial charge in [-0.05, 0) is 43.3 Å². The van der Waals surface area contributed by atoms with Gasteiger partial charge in [0.05, 0.1) is 22.3 Å². The molecule has 2 fully saturated rings. The highest BCUT2D eigenvalue weighted by atomic mass is 32.1. The van der Waals surface area contributed by atoms with E-state index in [0.717, 1.165) is 17.7 Å². The van der Waals surface area contributed by atoms with Crippen molar-refractivity contribution in [2.24, 2.45) is 5.41 Å². The van der Waals surface area contributed by atoms with Crippen molar-refractivity contribution in [1.82, 2.24) is 24.3 Å². The van der Waals surface area contributed by atoms with Gasteiger partial charge in [0.1, 0.15) is 0 Å². The molecule has 0 bridgehead atoms. The second-order valence-electron chi connectivity index (χ2n) is 9.05. The van der Waals surface area contributed by atoms with Crippen LogP contribution in [-0.4, -0.2) is 55.8 Å². The Hall–Kier alpha value is -3.00. The lowest BCUT2D eigenvalue weighted by atomic mass is 9.75. The lowest BCUT2D eigenvalue weighted by molar-refractivity contribution is -0.136. The molecule has 5 heterocycles. The zero-order valence-electron chi connectivity index (χ0n) is 18.3. The molecule has 0 N–H and O–H groups in total. The van der Waals surface area contributed by atoms with Gasteiger partial charge in [0.2, 0.25) is 5.91 Å². The second-order valence-corrected chi connectivity index (χ2v) is 10.00. The van der Waals surface area contributed by atoms with Gasteiger partial charge < -0.3 is 14.4 Å². The van der Waals surface area contributed by atoms with E-state index in [0.29, 0.717) is 37.1 Å². The fourth-order valence-electron chi connectivity index (χ4n) is 5.00. The van der Waals surface area contributed by atoms with Crippen LogP contribution >= 0.6 is 11.3 Å². The summed E-state index contributed by atoms with van der Waals surface area (Å²) in [6.45, 7) is 6.39. The number of carbonyl (C=O) groups is 2. The van der Waals surface area contributed by atoms with Gasteiger partial charge in [-0.15, -0.1) is 11.3 Å². The molecule has 3 aromatic rings. The number of hydrogen-bond donors (Lipinski definition) is 0. The Kier molecular flexibility index (Phi) is 5.33. The first-order valence-electron chi connectivity index (χ1n) is 11.0. The van der Waals surface area contributed by atoms with Crippen LogP contribution in [-0.2, 0) is 11.3 Å². The van der Waals surface area contributed by atoms with Crippen LogP contribution in [0, 0.1) is 5.41 Å². The maximum Gasteiger partial charge on any atom is 0.263 e. The molecule has 166 valence electrons. The van der Waals surface area contributed by atoms with Gasteiger partial charge >= 0.3 is 0 Å². The summed E-state index contributed by atoms with van der Waals surface area (Å²) in [6.07, 6.45) is 8.15. The summed E-state index contributed by atoms with van der Waals surface area (Å²) in [7, 11) is 0. The molecule has 0 radical (unpaired) electrons. The molecule has 7 nitrogen and oxygen atoms in total. The van der Waals surface area contributed by atoms with Crippen molar-refractivity contribution in [3.63, 3.8) is 0 Å². The largest absolute Gasteiger partial charge is 0.338 e. The average Bonchev–Trinajstić information content (AvgIpc) is 3.58. The lowest BCUT2D eigenvalue weighted by Gasteiger charge is -2.27. The van der Waals surface area contributed by atoms with Gasteiger partial charge in [-0.2, -0.15) is 0 Å². The molecule has 0 aromatic carbocycles. The zero-order chi connectivity index (χ0) is 22.3. The Balaban J connectivity index is 1.47. The van der Waals surface area contributed by atoms with Gasteiger partial charge in [0.15, 0.2) is 0 Å². The van der Waals surface area contributed by atoms with Gasteiger partial charge in [0, 0.05) is 56.7 Å². The predicted octanol–water partition coefficient (Wildman–Crippen LogP) is 3.58. The van der Waals surface area contributed by atoms with E-state index in [1.807, 2.05) is 52.0 Å². The first-order valence-corrected chi connectivity index (χ1v) is 11.9. The summed E-state index contributed by atoms with van der Waals surface area (Å²) in [6, 6.07) is 7.92. The molecule has 2 saturated heterocycles. The number of aromatic nitrogens is 3. The number of imidazole rings is 1. The van der Waals surface area contributed by atoms with E-state index in [-0.39, 0.29) is 17.7 Å². The number of nitrogens with zero attached hydrogens (tertiary/aromatic N) is 5.